The van der Waals surface area contributed by atoms with E-state index in [0.29, 0.717) is 17.5 Å². The van der Waals surface area contributed by atoms with E-state index in [9.17, 15) is 4.79 Å². The Kier molecular flexibility index (Phi) is 5.10. The van der Waals surface area contributed by atoms with Gasteiger partial charge in [0, 0.05) is 12.6 Å². The Bertz CT molecular complexity index is 1170. The summed E-state index contributed by atoms with van der Waals surface area (Å²) >= 11 is 0. The highest BCUT2D eigenvalue weighted by Crippen LogP contribution is 2.44. The number of carbonyl (C=O) groups excluding carboxylic acids is 1. The van der Waals surface area contributed by atoms with Crippen molar-refractivity contribution in [1.82, 2.24) is 4.90 Å². The highest BCUT2D eigenvalue weighted by atomic mass is 16.7. The molecule has 0 saturated carbocycles. The molecule has 0 unspecified atom stereocenters. The molecule has 31 heavy (non-hydrogen) atoms. The van der Waals surface area contributed by atoms with Gasteiger partial charge in [0.25, 0.3) is 0 Å². The van der Waals surface area contributed by atoms with E-state index in [-0.39, 0.29) is 6.61 Å². The van der Waals surface area contributed by atoms with Gasteiger partial charge in [0.15, 0.2) is 11.5 Å². The Morgan fingerprint density at radius 1 is 1.00 bits per heavy atom. The molecule has 6 nitrogen and oxygen atoms in total. The van der Waals surface area contributed by atoms with Crippen molar-refractivity contribution >= 4 is 27.7 Å². The van der Waals surface area contributed by atoms with Gasteiger partial charge in [-0.05, 0) is 89.7 Å². The second kappa shape index (κ2) is 7.93. The monoisotopic (exact) mass is 421 g/mol. The Hall–Kier alpha value is -2.99. The van der Waals surface area contributed by atoms with Crippen LogP contribution in [0.4, 0.5) is 4.79 Å². The van der Waals surface area contributed by atoms with Gasteiger partial charge in [-0.2, -0.15) is 0 Å². The van der Waals surface area contributed by atoms with Crippen LogP contribution in [-0.4, -0.2) is 44.5 Å². The molecule has 2 aliphatic rings. The highest BCUT2D eigenvalue weighted by Gasteiger charge is 2.32. The van der Waals surface area contributed by atoms with Crippen LogP contribution in [0.15, 0.2) is 30.3 Å². The van der Waals surface area contributed by atoms with Gasteiger partial charge >= 0.3 is 6.16 Å². The van der Waals surface area contributed by atoms with Crippen LogP contribution in [0.5, 0.6) is 17.2 Å². The van der Waals surface area contributed by atoms with Crippen LogP contribution >= 0.6 is 0 Å². The fourth-order valence-electron chi connectivity index (χ4n) is 5.18. The maximum Gasteiger partial charge on any atom is 0.513 e. The van der Waals surface area contributed by atoms with Crippen molar-refractivity contribution in [2.75, 3.05) is 27.4 Å². The van der Waals surface area contributed by atoms with E-state index in [0.717, 1.165) is 36.0 Å². The van der Waals surface area contributed by atoms with Crippen molar-refractivity contribution in [3.05, 3.63) is 41.5 Å². The Morgan fingerprint density at radius 2 is 1.74 bits per heavy atom. The van der Waals surface area contributed by atoms with Crippen molar-refractivity contribution in [1.29, 1.82) is 0 Å². The predicted molar refractivity (Wildman–Crippen MR) is 119 cm³/mol. The number of nitrogens with zero attached hydrogens (tertiary/aromatic N) is 1. The third-order valence-corrected chi connectivity index (χ3v) is 6.58. The zero-order valence-electron chi connectivity index (χ0n) is 18.2. The van der Waals surface area contributed by atoms with E-state index in [2.05, 4.69) is 17.0 Å². The normalized spacial score (nSPS) is 18.0. The molecule has 0 radical (unpaired) electrons. The number of hydrogen-bond acceptors (Lipinski definition) is 6. The minimum atomic E-state index is -0.691. The first-order valence-electron chi connectivity index (χ1n) is 10.8. The van der Waals surface area contributed by atoms with E-state index in [4.69, 9.17) is 18.9 Å². The molecule has 3 aromatic rings. The second-order valence-electron chi connectivity index (χ2n) is 8.17. The van der Waals surface area contributed by atoms with E-state index in [1.54, 1.807) is 21.1 Å². The van der Waals surface area contributed by atoms with Gasteiger partial charge in [0.1, 0.15) is 5.75 Å². The Balaban J connectivity index is 1.76. The number of methoxy groups -OCH3 is 2. The van der Waals surface area contributed by atoms with Crippen LogP contribution in [0.1, 0.15) is 30.9 Å². The number of carbonyl (C=O) groups is 1. The molecule has 0 aromatic heterocycles. The molecule has 1 atom stereocenters. The van der Waals surface area contributed by atoms with Crippen LogP contribution in [-0.2, 0) is 17.7 Å². The van der Waals surface area contributed by atoms with Gasteiger partial charge in [0.2, 0.25) is 0 Å². The maximum atomic E-state index is 11.9. The summed E-state index contributed by atoms with van der Waals surface area (Å²) in [5.41, 5.74) is 2.75. The lowest BCUT2D eigenvalue weighted by atomic mass is 9.85. The first kappa shape index (κ1) is 19.9. The smallest absolute Gasteiger partial charge is 0.493 e. The fraction of sp³-hybridized carbons (Fsp3) is 0.400. The van der Waals surface area contributed by atoms with Gasteiger partial charge in [-0.1, -0.05) is 6.07 Å². The van der Waals surface area contributed by atoms with Crippen LogP contribution in [0.2, 0.25) is 0 Å². The maximum absolute atomic E-state index is 11.9. The molecule has 0 N–H and O–H groups in total. The van der Waals surface area contributed by atoms with Crippen molar-refractivity contribution in [2.45, 2.75) is 38.8 Å². The van der Waals surface area contributed by atoms with E-state index >= 15 is 0 Å². The highest BCUT2D eigenvalue weighted by molar-refractivity contribution is 6.12. The van der Waals surface area contributed by atoms with Crippen LogP contribution in [0.3, 0.4) is 0 Å². The fourth-order valence-corrected chi connectivity index (χ4v) is 5.18. The first-order valence-corrected chi connectivity index (χ1v) is 10.8. The number of rotatable bonds is 4. The van der Waals surface area contributed by atoms with Gasteiger partial charge in [-0.15, -0.1) is 0 Å². The van der Waals surface area contributed by atoms with Crippen LogP contribution in [0.25, 0.3) is 21.5 Å². The van der Waals surface area contributed by atoms with E-state index < -0.39 is 6.16 Å². The standard InChI is InChI=1S/C25H27NO5/c1-4-30-25(27)31-16-7-8-17-19(11-16)21-13-24(29-3)23(28-2)12-20(21)18-10-15-6-5-9-26(15)14-22(17)18/h7-8,11-13,15H,4-6,9-10,14H2,1-3H3/t15-/m0/s1. The van der Waals surface area contributed by atoms with Gasteiger partial charge < -0.3 is 18.9 Å². The van der Waals surface area contributed by atoms with E-state index in [1.807, 2.05) is 18.2 Å². The molecule has 0 spiro atoms. The molecular weight excluding hydrogens is 394 g/mol. The lowest BCUT2D eigenvalue weighted by Crippen LogP contribution is -2.35. The lowest BCUT2D eigenvalue weighted by Gasteiger charge is -2.33. The molecule has 2 aliphatic heterocycles. The van der Waals surface area contributed by atoms with Crippen LogP contribution < -0.4 is 14.2 Å². The van der Waals surface area contributed by atoms with Gasteiger partial charge in [0.05, 0.1) is 20.8 Å². The van der Waals surface area contributed by atoms with Crippen molar-refractivity contribution in [3.8, 4) is 17.2 Å². The van der Waals surface area contributed by atoms with Crippen molar-refractivity contribution in [3.63, 3.8) is 0 Å². The summed E-state index contributed by atoms with van der Waals surface area (Å²) in [4.78, 5) is 14.5. The average molecular weight is 421 g/mol. The molecule has 3 aromatic carbocycles. The molecule has 0 bridgehead atoms. The molecular formula is C25H27NO5. The zero-order valence-corrected chi connectivity index (χ0v) is 18.2. The largest absolute Gasteiger partial charge is 0.513 e. The molecule has 162 valence electrons. The van der Waals surface area contributed by atoms with Crippen molar-refractivity contribution < 1.29 is 23.7 Å². The number of benzene rings is 3. The molecule has 1 fully saturated rings. The third kappa shape index (κ3) is 3.35. The molecule has 0 aliphatic carbocycles. The predicted octanol–water partition coefficient (Wildman–Crippen LogP) is 5.07. The van der Waals surface area contributed by atoms with Crippen molar-refractivity contribution in [2.24, 2.45) is 0 Å². The summed E-state index contributed by atoms with van der Waals surface area (Å²) < 4.78 is 21.6. The average Bonchev–Trinajstić information content (AvgIpc) is 3.24. The van der Waals surface area contributed by atoms with Gasteiger partial charge in [-0.3, -0.25) is 4.90 Å². The minimum Gasteiger partial charge on any atom is -0.493 e. The third-order valence-electron chi connectivity index (χ3n) is 6.58. The Labute approximate surface area is 181 Å². The summed E-state index contributed by atoms with van der Waals surface area (Å²) in [7, 11) is 3.32. The molecule has 6 heteroatoms. The molecule has 0 amide bonds. The quantitative estimate of drug-likeness (QED) is 0.333. The summed E-state index contributed by atoms with van der Waals surface area (Å²) in [6.45, 7) is 4.13. The molecule has 5 rings (SSSR count). The van der Waals surface area contributed by atoms with E-state index in [1.165, 1.54) is 34.7 Å². The minimum absolute atomic E-state index is 0.275. The van der Waals surface area contributed by atoms with Gasteiger partial charge in [-0.25, -0.2) is 4.79 Å². The molecule has 2 heterocycles. The first-order chi connectivity index (χ1) is 15.1. The number of hydrogen-bond donors (Lipinski definition) is 0. The molecule has 1 saturated heterocycles. The lowest BCUT2D eigenvalue weighted by molar-refractivity contribution is 0.104. The number of ether oxygens (including phenoxy) is 4. The zero-order chi connectivity index (χ0) is 21.5. The summed E-state index contributed by atoms with van der Waals surface area (Å²) in [6, 6.07) is 10.6. The SMILES string of the molecule is CCOC(=O)Oc1ccc2c3c(c4cc(OC)c(OC)cc4c2c1)C[C@@H]1CCCN1C3. The number of fused-ring (bicyclic) bond motifs is 7. The summed E-state index contributed by atoms with van der Waals surface area (Å²) in [5, 5.41) is 4.48. The summed E-state index contributed by atoms with van der Waals surface area (Å²) in [5.74, 6) is 1.88. The van der Waals surface area contributed by atoms with Crippen LogP contribution in [0, 0.1) is 0 Å². The summed E-state index contributed by atoms with van der Waals surface area (Å²) in [6.07, 6.45) is 2.85. The second-order valence-corrected chi connectivity index (χ2v) is 8.17. The Morgan fingerprint density at radius 3 is 2.48 bits per heavy atom. The topological polar surface area (TPSA) is 57.2 Å².